The van der Waals surface area contributed by atoms with Crippen molar-refractivity contribution in [3.05, 3.63) is 23.2 Å². The van der Waals surface area contributed by atoms with Gasteiger partial charge in [0.15, 0.2) is 0 Å². The Morgan fingerprint density at radius 3 is 2.55 bits per heavy atom. The third-order valence-corrected chi connectivity index (χ3v) is 5.76. The Labute approximate surface area is 124 Å². The highest BCUT2D eigenvalue weighted by Gasteiger charge is 2.31. The molecule has 1 aliphatic rings. The molecule has 0 aliphatic carbocycles. The van der Waals surface area contributed by atoms with Crippen LogP contribution >= 0.6 is 11.6 Å². The predicted octanol–water partition coefficient (Wildman–Crippen LogP) is 1.72. The van der Waals surface area contributed by atoms with E-state index in [0.717, 1.165) is 12.8 Å². The highest BCUT2D eigenvalue weighted by atomic mass is 35.5. The van der Waals surface area contributed by atoms with Crippen LogP contribution in [0.5, 0.6) is 5.75 Å². The standard InChI is InChI=1S/C13H19ClN2O3S/c1-15-11-5-7-16(8-6-11)20(17,18)13-9-10(14)3-4-12(13)19-2/h3-4,9,11,15H,5-8H2,1-2H3. The van der Waals surface area contributed by atoms with E-state index in [1.165, 1.54) is 17.5 Å². The lowest BCUT2D eigenvalue weighted by molar-refractivity contribution is 0.297. The molecule has 20 heavy (non-hydrogen) atoms. The summed E-state index contributed by atoms with van der Waals surface area (Å²) in [6, 6.07) is 5.02. The molecule has 0 unspecified atom stereocenters. The molecule has 112 valence electrons. The molecule has 7 heteroatoms. The van der Waals surface area contributed by atoms with Crippen LogP contribution in [0.15, 0.2) is 23.1 Å². The second-order valence-electron chi connectivity index (χ2n) is 4.76. The van der Waals surface area contributed by atoms with Crippen molar-refractivity contribution in [2.24, 2.45) is 0 Å². The topological polar surface area (TPSA) is 58.6 Å². The molecular weight excluding hydrogens is 300 g/mol. The summed E-state index contributed by atoms with van der Waals surface area (Å²) in [7, 11) is -0.211. The van der Waals surface area contributed by atoms with E-state index in [1.54, 1.807) is 12.1 Å². The maximum Gasteiger partial charge on any atom is 0.246 e. The van der Waals surface area contributed by atoms with Gasteiger partial charge in [-0.05, 0) is 38.1 Å². The number of hydrogen-bond acceptors (Lipinski definition) is 4. The summed E-state index contributed by atoms with van der Waals surface area (Å²) >= 11 is 5.92. The number of nitrogens with one attached hydrogen (secondary N) is 1. The minimum atomic E-state index is -3.56. The van der Waals surface area contributed by atoms with Gasteiger partial charge in [0, 0.05) is 24.2 Å². The van der Waals surface area contributed by atoms with Gasteiger partial charge in [0.25, 0.3) is 0 Å². The summed E-state index contributed by atoms with van der Waals surface area (Å²) < 4.78 is 32.0. The molecule has 1 N–H and O–H groups in total. The zero-order valence-electron chi connectivity index (χ0n) is 11.6. The van der Waals surface area contributed by atoms with Crippen molar-refractivity contribution in [1.29, 1.82) is 0 Å². The molecule has 0 atom stereocenters. The molecule has 0 saturated carbocycles. The predicted molar refractivity (Wildman–Crippen MR) is 78.8 cm³/mol. The van der Waals surface area contributed by atoms with Crippen LogP contribution in [0.3, 0.4) is 0 Å². The van der Waals surface area contributed by atoms with Crippen LogP contribution in [0.4, 0.5) is 0 Å². The van der Waals surface area contributed by atoms with Gasteiger partial charge in [0.2, 0.25) is 10.0 Å². The van der Waals surface area contributed by atoms with Crippen molar-refractivity contribution in [1.82, 2.24) is 9.62 Å². The monoisotopic (exact) mass is 318 g/mol. The second-order valence-corrected chi connectivity index (χ2v) is 7.11. The number of sulfonamides is 1. The Balaban J connectivity index is 2.29. The zero-order chi connectivity index (χ0) is 14.8. The quantitative estimate of drug-likeness (QED) is 0.918. The van der Waals surface area contributed by atoms with Crippen molar-refractivity contribution in [3.63, 3.8) is 0 Å². The first-order chi connectivity index (χ1) is 9.48. The second kappa shape index (κ2) is 6.30. The summed E-state index contributed by atoms with van der Waals surface area (Å²) in [6.45, 7) is 1.01. The maximum absolute atomic E-state index is 12.7. The van der Waals surface area contributed by atoms with Gasteiger partial charge in [0.1, 0.15) is 10.6 Å². The van der Waals surface area contributed by atoms with E-state index in [9.17, 15) is 8.42 Å². The molecule has 1 aromatic carbocycles. The van der Waals surface area contributed by atoms with Crippen molar-refractivity contribution < 1.29 is 13.2 Å². The Hall–Kier alpha value is -0.820. The average Bonchev–Trinajstić information content (AvgIpc) is 2.47. The van der Waals surface area contributed by atoms with E-state index in [1.807, 2.05) is 7.05 Å². The molecule has 0 amide bonds. The number of rotatable bonds is 4. The van der Waals surface area contributed by atoms with E-state index < -0.39 is 10.0 Å². The molecule has 0 aromatic heterocycles. The number of hydrogen-bond donors (Lipinski definition) is 1. The Morgan fingerprint density at radius 1 is 1.35 bits per heavy atom. The molecule has 1 aliphatic heterocycles. The van der Waals surface area contributed by atoms with Gasteiger partial charge in [-0.25, -0.2) is 8.42 Å². The van der Waals surface area contributed by atoms with E-state index in [4.69, 9.17) is 16.3 Å². The normalized spacial score (nSPS) is 18.1. The number of halogens is 1. The van der Waals surface area contributed by atoms with Gasteiger partial charge in [0.05, 0.1) is 7.11 Å². The summed E-state index contributed by atoms with van der Waals surface area (Å²) in [5.41, 5.74) is 0. The number of piperidine rings is 1. The maximum atomic E-state index is 12.7. The Kier molecular flexibility index (Phi) is 4.90. The third kappa shape index (κ3) is 3.09. The SMILES string of the molecule is CNC1CCN(S(=O)(=O)c2cc(Cl)ccc2OC)CC1. The molecule has 5 nitrogen and oxygen atoms in total. The molecule has 1 fully saturated rings. The van der Waals surface area contributed by atoms with Crippen molar-refractivity contribution in [2.75, 3.05) is 27.2 Å². The first kappa shape index (κ1) is 15.6. The van der Waals surface area contributed by atoms with E-state index in [2.05, 4.69) is 5.32 Å². The van der Waals surface area contributed by atoms with Gasteiger partial charge in [-0.3, -0.25) is 0 Å². The molecule has 0 bridgehead atoms. The fourth-order valence-corrected chi connectivity index (χ4v) is 4.26. The van der Waals surface area contributed by atoms with E-state index in [-0.39, 0.29) is 4.90 Å². The van der Waals surface area contributed by atoms with Gasteiger partial charge >= 0.3 is 0 Å². The molecule has 1 saturated heterocycles. The first-order valence-electron chi connectivity index (χ1n) is 6.50. The number of benzene rings is 1. The van der Waals surface area contributed by atoms with Gasteiger partial charge in [-0.1, -0.05) is 11.6 Å². The molecule has 0 spiro atoms. The Bertz CT molecular complexity index is 569. The smallest absolute Gasteiger partial charge is 0.246 e. The lowest BCUT2D eigenvalue weighted by Gasteiger charge is -2.31. The summed E-state index contributed by atoms with van der Waals surface area (Å²) in [4.78, 5) is 0.135. The van der Waals surface area contributed by atoms with Crippen LogP contribution in [0, 0.1) is 0 Å². The van der Waals surface area contributed by atoms with E-state index >= 15 is 0 Å². The van der Waals surface area contributed by atoms with Crippen LogP contribution in [-0.4, -0.2) is 46.0 Å². The average molecular weight is 319 g/mol. The highest BCUT2D eigenvalue weighted by molar-refractivity contribution is 7.89. The van der Waals surface area contributed by atoms with Gasteiger partial charge < -0.3 is 10.1 Å². The molecule has 0 radical (unpaired) electrons. The minimum Gasteiger partial charge on any atom is -0.495 e. The van der Waals surface area contributed by atoms with Gasteiger partial charge in [-0.15, -0.1) is 0 Å². The first-order valence-corrected chi connectivity index (χ1v) is 8.32. The van der Waals surface area contributed by atoms with Crippen molar-refractivity contribution in [2.45, 2.75) is 23.8 Å². The number of nitrogens with zero attached hydrogens (tertiary/aromatic N) is 1. The van der Waals surface area contributed by atoms with E-state index in [0.29, 0.717) is 29.9 Å². The van der Waals surface area contributed by atoms with Crippen molar-refractivity contribution in [3.8, 4) is 5.75 Å². The summed E-state index contributed by atoms with van der Waals surface area (Å²) in [5.74, 6) is 0.324. The molecule has 1 heterocycles. The molecule has 1 aromatic rings. The summed E-state index contributed by atoms with van der Waals surface area (Å²) in [6.07, 6.45) is 1.61. The molecular formula is C13H19ClN2O3S. The highest BCUT2D eigenvalue weighted by Crippen LogP contribution is 2.30. The van der Waals surface area contributed by atoms with Crippen LogP contribution in [0.2, 0.25) is 5.02 Å². The minimum absolute atomic E-state index is 0.135. The van der Waals surface area contributed by atoms with Crippen molar-refractivity contribution >= 4 is 21.6 Å². The molecule has 2 rings (SSSR count). The fraction of sp³-hybridized carbons (Fsp3) is 0.538. The lowest BCUT2D eigenvalue weighted by Crippen LogP contribution is -2.43. The largest absolute Gasteiger partial charge is 0.495 e. The lowest BCUT2D eigenvalue weighted by atomic mass is 10.1. The number of ether oxygens (including phenoxy) is 1. The zero-order valence-corrected chi connectivity index (χ0v) is 13.2. The van der Waals surface area contributed by atoms with Crippen LogP contribution in [0.1, 0.15) is 12.8 Å². The van der Waals surface area contributed by atoms with Gasteiger partial charge in [-0.2, -0.15) is 4.31 Å². The van der Waals surface area contributed by atoms with Crippen LogP contribution in [0.25, 0.3) is 0 Å². The number of methoxy groups -OCH3 is 1. The third-order valence-electron chi connectivity index (χ3n) is 3.61. The summed E-state index contributed by atoms with van der Waals surface area (Å²) in [5, 5.41) is 3.56. The van der Waals surface area contributed by atoms with Crippen LogP contribution < -0.4 is 10.1 Å². The fourth-order valence-electron chi connectivity index (χ4n) is 2.38. The Morgan fingerprint density at radius 2 is 2.00 bits per heavy atom. The van der Waals surface area contributed by atoms with Crippen LogP contribution in [-0.2, 0) is 10.0 Å².